The Morgan fingerprint density at radius 1 is 0.282 bits per heavy atom. The normalized spacial score (nSPS) is 12.6. The Morgan fingerprint density at radius 2 is 0.564 bits per heavy atom. The Kier molecular flexibility index (Phi) is 8.66. The first-order chi connectivity index (χ1) is 40.4. The van der Waals surface area contributed by atoms with Gasteiger partial charge >= 0.3 is 0 Å². The topological polar surface area (TPSA) is 62.8 Å². The lowest BCUT2D eigenvalue weighted by Gasteiger charge is -2.29. The van der Waals surface area contributed by atoms with E-state index in [4.69, 9.17) is 19.8 Å². The zero-order valence-corrected chi connectivity index (χ0v) is 41.5. The van der Waals surface area contributed by atoms with Gasteiger partial charge in [0.15, 0.2) is 17.5 Å². The molecule has 362 valence electrons. The molecule has 16 rings (SSSR count). The lowest BCUT2D eigenvalue weighted by atomic mass is 10.00. The van der Waals surface area contributed by atoms with Crippen LogP contribution in [0.15, 0.2) is 255 Å². The molecule has 5 aromatic heterocycles. The van der Waals surface area contributed by atoms with Crippen molar-refractivity contribution >= 4 is 92.9 Å². The number of hydrogen-bond acceptors (Lipinski definition) is 3. The lowest BCUT2D eigenvalue weighted by molar-refractivity contribution is 1.02. The molecule has 16 aromatic rings. The third-order valence-corrected chi connectivity index (χ3v) is 15.3. The summed E-state index contributed by atoms with van der Waals surface area (Å²) in [6.45, 7) is 10.1. The summed E-state index contributed by atoms with van der Waals surface area (Å²) in [6.07, 6.45) is 0. The molecule has 0 spiro atoms. The number of hydrogen-bond donors (Lipinski definition) is 0. The fourth-order valence-electron chi connectivity index (χ4n) is 12.1. The molecule has 0 aliphatic carbocycles. The van der Waals surface area contributed by atoms with Crippen LogP contribution in [-0.4, -0.2) is 33.2 Å². The zero-order valence-electron chi connectivity index (χ0n) is 45.5. The molecule has 0 saturated heterocycles. The van der Waals surface area contributed by atoms with E-state index < -0.39 is 0 Å². The molecule has 0 amide bonds. The van der Waals surface area contributed by atoms with E-state index in [-0.39, 0.29) is 11.5 Å². The minimum atomic E-state index is 0.225. The summed E-state index contributed by atoms with van der Waals surface area (Å²) in [5.74, 6) is 1.07. The van der Waals surface area contributed by atoms with E-state index in [1.807, 2.05) is 182 Å². The van der Waals surface area contributed by atoms with Crippen molar-refractivity contribution in [2.24, 2.45) is 0 Å². The van der Waals surface area contributed by atoms with Crippen molar-refractivity contribution < 1.29 is 5.48 Å². The van der Waals surface area contributed by atoms with Gasteiger partial charge in [-0.3, -0.25) is 0 Å². The van der Waals surface area contributed by atoms with Crippen molar-refractivity contribution in [3.8, 4) is 56.9 Å². The van der Waals surface area contributed by atoms with E-state index in [0.717, 1.165) is 76.5 Å². The summed E-state index contributed by atoms with van der Waals surface area (Å²) < 4.78 is 47.4. The molecule has 0 aliphatic rings. The third kappa shape index (κ3) is 6.24. The second-order valence-electron chi connectivity index (χ2n) is 19.4. The Hall–Kier alpha value is -10.9. The van der Waals surface area contributed by atoms with Crippen LogP contribution in [0, 0.1) is 6.57 Å². The molecule has 8 nitrogen and oxygen atoms in total. The number of benzene rings is 11. The highest BCUT2D eigenvalue weighted by atomic mass is 15.2. The molecule has 11 aromatic carbocycles. The van der Waals surface area contributed by atoms with Crippen LogP contribution in [0.25, 0.3) is 149 Å². The van der Waals surface area contributed by atoms with Gasteiger partial charge in [-0.15, -0.1) is 0 Å². The van der Waals surface area contributed by atoms with Gasteiger partial charge in [-0.1, -0.05) is 206 Å². The predicted molar refractivity (Wildman–Crippen MR) is 320 cm³/mol. The third-order valence-electron chi connectivity index (χ3n) is 15.3. The van der Waals surface area contributed by atoms with Crippen molar-refractivity contribution in [1.82, 2.24) is 33.2 Å². The maximum atomic E-state index is 10.1. The summed E-state index contributed by atoms with van der Waals surface area (Å²) in [6, 6.07) is 76.4. The molecule has 78 heavy (non-hydrogen) atoms. The van der Waals surface area contributed by atoms with Crippen LogP contribution in [0.1, 0.15) is 5.48 Å². The van der Waals surface area contributed by atoms with Crippen LogP contribution in [0.3, 0.4) is 0 Å². The maximum absolute atomic E-state index is 10.1. The van der Waals surface area contributed by atoms with Crippen LogP contribution >= 0.6 is 0 Å². The van der Waals surface area contributed by atoms with Crippen molar-refractivity contribution in [2.45, 2.75) is 0 Å². The van der Waals surface area contributed by atoms with E-state index in [2.05, 4.69) is 54.7 Å². The summed E-state index contributed by atoms with van der Waals surface area (Å²) >= 11 is 0. The van der Waals surface area contributed by atoms with Crippen molar-refractivity contribution in [3.05, 3.63) is 266 Å². The van der Waals surface area contributed by atoms with Crippen LogP contribution in [0.5, 0.6) is 0 Å². The molecular formula is C70H42N8. The van der Waals surface area contributed by atoms with Gasteiger partial charge in [-0.25, -0.2) is 19.8 Å². The van der Waals surface area contributed by atoms with E-state index in [9.17, 15) is 12.1 Å². The molecule has 0 saturated carbocycles. The largest absolute Gasteiger partial charge is 0.318 e. The standard InChI is InChI=1S/C70H42N8/c1-71-63-64(75-54-36-16-8-28-46(54)47-29-9-17-37-55(47)75)62(70-73-68(44-24-4-2-5-25-44)72-69(74-70)45-26-6-3-7-27-45)65(76-56-38-18-10-30-48(56)49-31-11-19-39-57(49)76)67(78-60-42-22-14-34-52(60)53-35-15-23-43-61(53)78)66(63)77-58-40-20-12-32-50(58)51-33-13-21-41-59(51)77/h2-43H/i28D,30D,32D,34D. The van der Waals surface area contributed by atoms with E-state index >= 15 is 0 Å². The van der Waals surface area contributed by atoms with Gasteiger partial charge < -0.3 is 18.3 Å². The Bertz CT molecular complexity index is 5360. The molecule has 0 aliphatic heterocycles. The fraction of sp³-hybridized carbons (Fsp3) is 0. The zero-order chi connectivity index (χ0) is 54.9. The molecule has 5 heterocycles. The summed E-state index contributed by atoms with van der Waals surface area (Å²) in [4.78, 5) is 21.4. The van der Waals surface area contributed by atoms with Crippen LogP contribution < -0.4 is 0 Å². The molecule has 0 unspecified atom stereocenters. The second kappa shape index (κ2) is 17.1. The van der Waals surface area contributed by atoms with E-state index in [0.29, 0.717) is 85.9 Å². The Labute approximate surface area is 452 Å². The Morgan fingerprint density at radius 3 is 0.936 bits per heavy atom. The van der Waals surface area contributed by atoms with Crippen molar-refractivity contribution in [3.63, 3.8) is 0 Å². The first kappa shape index (κ1) is 39.6. The van der Waals surface area contributed by atoms with E-state index in [1.165, 1.54) is 0 Å². The van der Waals surface area contributed by atoms with Gasteiger partial charge in [0.25, 0.3) is 0 Å². The van der Waals surface area contributed by atoms with Crippen molar-refractivity contribution in [2.75, 3.05) is 0 Å². The van der Waals surface area contributed by atoms with Crippen molar-refractivity contribution in [1.29, 1.82) is 0 Å². The van der Waals surface area contributed by atoms with Crippen LogP contribution in [-0.2, 0) is 0 Å². The quantitative estimate of drug-likeness (QED) is 0.149. The van der Waals surface area contributed by atoms with Gasteiger partial charge in [0.05, 0.1) is 84.5 Å². The average molecular weight is 999 g/mol. The summed E-state index contributed by atoms with van der Waals surface area (Å²) in [5, 5.41) is 6.19. The first-order valence-electron chi connectivity index (χ1n) is 27.8. The molecule has 0 radical (unpaired) electrons. The van der Waals surface area contributed by atoms with Gasteiger partial charge in [-0.2, -0.15) is 0 Å². The van der Waals surface area contributed by atoms with Crippen LogP contribution in [0.2, 0.25) is 0 Å². The summed E-state index contributed by atoms with van der Waals surface area (Å²) in [7, 11) is 0. The average Bonchev–Trinajstić information content (AvgIpc) is 1.69. The number of aromatic nitrogens is 7. The monoisotopic (exact) mass is 998 g/mol. The predicted octanol–water partition coefficient (Wildman–Crippen LogP) is 17.8. The van der Waals surface area contributed by atoms with Gasteiger partial charge in [-0.05, 0) is 48.5 Å². The smallest absolute Gasteiger partial charge is 0.236 e. The summed E-state index contributed by atoms with van der Waals surface area (Å²) in [5.41, 5.74) is 10.1. The number of rotatable bonds is 7. The molecule has 0 N–H and O–H groups in total. The molecule has 8 heteroatoms. The molecule has 0 fully saturated rings. The fourth-order valence-corrected chi connectivity index (χ4v) is 12.1. The lowest BCUT2D eigenvalue weighted by Crippen LogP contribution is -2.15. The first-order valence-corrected chi connectivity index (χ1v) is 25.8. The molecule has 0 atom stereocenters. The van der Waals surface area contributed by atoms with Crippen LogP contribution in [0.4, 0.5) is 5.69 Å². The maximum Gasteiger partial charge on any atom is 0.236 e. The number of fused-ring (bicyclic) bond motifs is 12. The number of para-hydroxylation sites is 8. The van der Waals surface area contributed by atoms with Gasteiger partial charge in [0.1, 0.15) is 0 Å². The van der Waals surface area contributed by atoms with E-state index in [1.54, 1.807) is 12.1 Å². The highest BCUT2D eigenvalue weighted by molar-refractivity contribution is 6.18. The highest BCUT2D eigenvalue weighted by Crippen LogP contribution is 2.54. The minimum absolute atomic E-state index is 0.225. The Balaban J connectivity index is 1.29. The van der Waals surface area contributed by atoms with Gasteiger partial charge in [0, 0.05) is 54.2 Å². The molecule has 0 bridgehead atoms. The number of nitrogens with zero attached hydrogens (tertiary/aromatic N) is 8. The minimum Gasteiger partial charge on any atom is -0.318 e. The molecular weight excluding hydrogens is 953 g/mol. The SMILES string of the molecule is [2H]c1cccc2c1c1ccccc1n2-c1c([N+]#[C-])c(-n2c3ccccc3c3c([2H])cccc32)c(-n2c3ccccc3c3c([2H])cccc32)c(-n2c3ccccc3c3c([2H])cccc32)c1-c1nc(-c2ccccc2)nc(-c2ccccc2)n1. The highest BCUT2D eigenvalue weighted by Gasteiger charge is 2.36. The second-order valence-corrected chi connectivity index (χ2v) is 19.4. The van der Waals surface area contributed by atoms with Gasteiger partial charge in [0.2, 0.25) is 5.69 Å².